The van der Waals surface area contributed by atoms with Gasteiger partial charge in [-0.1, -0.05) is 0 Å². The molecule has 2 rings (SSSR count). The maximum atomic E-state index is 8.92. The molecule has 4 nitrogen and oxygen atoms in total. The highest BCUT2D eigenvalue weighted by molar-refractivity contribution is 7.07. The molecule has 90 valence electrons. The molecule has 1 aliphatic heterocycles. The van der Waals surface area contributed by atoms with Crippen molar-refractivity contribution < 1.29 is 5.11 Å². The first-order valence-electron chi connectivity index (χ1n) is 5.81. The summed E-state index contributed by atoms with van der Waals surface area (Å²) in [5.41, 5.74) is 3.08. The summed E-state index contributed by atoms with van der Waals surface area (Å²) in [6, 6.07) is 0. The molecule has 5 heteroatoms. The Balaban J connectivity index is 1.80. The summed E-state index contributed by atoms with van der Waals surface area (Å²) in [7, 11) is 0. The predicted octanol–water partition coefficient (Wildman–Crippen LogP) is 0.643. The molecule has 2 heterocycles. The maximum Gasteiger partial charge on any atom is 0.0795 e. The molecule has 0 amide bonds. The molecular formula is C11H19N3OS. The van der Waals surface area contributed by atoms with Gasteiger partial charge in [-0.15, -0.1) is 11.3 Å². The van der Waals surface area contributed by atoms with E-state index in [4.69, 9.17) is 5.11 Å². The zero-order valence-electron chi connectivity index (χ0n) is 9.51. The van der Waals surface area contributed by atoms with Crippen molar-refractivity contribution >= 4 is 11.3 Å². The van der Waals surface area contributed by atoms with E-state index in [1.807, 2.05) is 5.51 Å². The largest absolute Gasteiger partial charge is 0.395 e. The van der Waals surface area contributed by atoms with Crippen LogP contribution in [-0.4, -0.2) is 59.2 Å². The summed E-state index contributed by atoms with van der Waals surface area (Å²) in [4.78, 5) is 9.10. The van der Waals surface area contributed by atoms with Crippen LogP contribution in [0.25, 0.3) is 0 Å². The van der Waals surface area contributed by atoms with Crippen LogP contribution in [0.5, 0.6) is 0 Å². The molecule has 0 aromatic carbocycles. The lowest BCUT2D eigenvalue weighted by molar-refractivity contribution is 0.195. The van der Waals surface area contributed by atoms with E-state index in [-0.39, 0.29) is 6.61 Å². The van der Waals surface area contributed by atoms with Gasteiger partial charge in [0.2, 0.25) is 0 Å². The second kappa shape index (κ2) is 6.30. The van der Waals surface area contributed by atoms with E-state index in [0.717, 1.165) is 39.3 Å². The third-order valence-electron chi connectivity index (χ3n) is 2.97. The molecule has 0 atom stereocenters. The van der Waals surface area contributed by atoms with Crippen LogP contribution in [-0.2, 0) is 6.54 Å². The Morgan fingerprint density at radius 2 is 2.06 bits per heavy atom. The second-order valence-electron chi connectivity index (χ2n) is 4.17. The second-order valence-corrected chi connectivity index (χ2v) is 4.89. The zero-order chi connectivity index (χ0) is 11.2. The monoisotopic (exact) mass is 241 g/mol. The third-order valence-corrected chi connectivity index (χ3v) is 3.60. The van der Waals surface area contributed by atoms with Gasteiger partial charge in [0.25, 0.3) is 0 Å². The molecule has 1 N–H and O–H groups in total. The molecule has 1 fully saturated rings. The van der Waals surface area contributed by atoms with Crippen LogP contribution in [0.1, 0.15) is 12.1 Å². The number of β-amino-alcohol motifs (C(OH)–C–C–N with tert-alkyl or cyclic N) is 1. The predicted molar refractivity (Wildman–Crippen MR) is 65.5 cm³/mol. The molecule has 1 aliphatic rings. The Bertz CT molecular complexity index is 291. The van der Waals surface area contributed by atoms with Gasteiger partial charge in [-0.25, -0.2) is 4.98 Å². The van der Waals surface area contributed by atoms with Crippen molar-refractivity contribution in [2.24, 2.45) is 0 Å². The summed E-state index contributed by atoms with van der Waals surface area (Å²) in [6.45, 7) is 6.43. The fourth-order valence-corrected chi connectivity index (χ4v) is 2.64. The van der Waals surface area contributed by atoms with E-state index in [2.05, 4.69) is 20.2 Å². The number of hydrogen-bond donors (Lipinski definition) is 1. The Labute approximate surface area is 101 Å². The lowest BCUT2D eigenvalue weighted by atomic mass is 10.3. The first-order valence-corrected chi connectivity index (χ1v) is 6.75. The van der Waals surface area contributed by atoms with Crippen molar-refractivity contribution in [1.29, 1.82) is 0 Å². The highest BCUT2D eigenvalue weighted by atomic mass is 32.1. The molecule has 1 aromatic rings. The van der Waals surface area contributed by atoms with E-state index >= 15 is 0 Å². The summed E-state index contributed by atoms with van der Waals surface area (Å²) in [5.74, 6) is 0. The van der Waals surface area contributed by atoms with Crippen LogP contribution in [0.2, 0.25) is 0 Å². The van der Waals surface area contributed by atoms with Gasteiger partial charge in [-0.3, -0.25) is 9.80 Å². The minimum Gasteiger partial charge on any atom is -0.395 e. The molecule has 1 aromatic heterocycles. The van der Waals surface area contributed by atoms with Gasteiger partial charge in [-0.05, 0) is 19.5 Å². The van der Waals surface area contributed by atoms with Gasteiger partial charge < -0.3 is 5.11 Å². The molecular weight excluding hydrogens is 222 g/mol. The van der Waals surface area contributed by atoms with Crippen LogP contribution in [0, 0.1) is 0 Å². The highest BCUT2D eigenvalue weighted by Crippen LogP contribution is 2.09. The Hall–Kier alpha value is -0.490. The quantitative estimate of drug-likeness (QED) is 0.840. The standard InChI is InChI=1S/C11H19N3OS/c15-7-6-13-2-1-3-14(5-4-13)8-11-9-16-10-12-11/h9-10,15H,1-8H2. The fraction of sp³-hybridized carbons (Fsp3) is 0.727. The van der Waals surface area contributed by atoms with Crippen molar-refractivity contribution in [3.63, 3.8) is 0 Å². The van der Waals surface area contributed by atoms with E-state index in [1.54, 1.807) is 11.3 Å². The van der Waals surface area contributed by atoms with Crippen LogP contribution in [0.15, 0.2) is 10.9 Å². The number of nitrogens with zero attached hydrogens (tertiary/aromatic N) is 3. The van der Waals surface area contributed by atoms with Crippen LogP contribution >= 0.6 is 11.3 Å². The van der Waals surface area contributed by atoms with E-state index in [0.29, 0.717) is 0 Å². The number of aliphatic hydroxyl groups excluding tert-OH is 1. The van der Waals surface area contributed by atoms with Crippen LogP contribution < -0.4 is 0 Å². The molecule has 16 heavy (non-hydrogen) atoms. The molecule has 0 spiro atoms. The highest BCUT2D eigenvalue weighted by Gasteiger charge is 2.14. The number of hydrogen-bond acceptors (Lipinski definition) is 5. The normalized spacial score (nSPS) is 19.8. The van der Waals surface area contributed by atoms with Gasteiger partial charge in [-0.2, -0.15) is 0 Å². The van der Waals surface area contributed by atoms with Crippen molar-refractivity contribution in [2.45, 2.75) is 13.0 Å². The molecule has 0 saturated carbocycles. The van der Waals surface area contributed by atoms with Crippen molar-refractivity contribution in [3.8, 4) is 0 Å². The van der Waals surface area contributed by atoms with Crippen molar-refractivity contribution in [2.75, 3.05) is 39.3 Å². The number of rotatable bonds is 4. The Morgan fingerprint density at radius 3 is 2.81 bits per heavy atom. The first-order chi connectivity index (χ1) is 7.88. The van der Waals surface area contributed by atoms with Gasteiger partial charge in [0.15, 0.2) is 0 Å². The van der Waals surface area contributed by atoms with Crippen LogP contribution in [0.4, 0.5) is 0 Å². The Morgan fingerprint density at radius 1 is 1.25 bits per heavy atom. The van der Waals surface area contributed by atoms with Gasteiger partial charge in [0, 0.05) is 31.6 Å². The molecule has 0 radical (unpaired) electrons. The average Bonchev–Trinajstić information content (AvgIpc) is 2.68. The lowest BCUT2D eigenvalue weighted by Gasteiger charge is -2.20. The molecule has 1 saturated heterocycles. The zero-order valence-corrected chi connectivity index (χ0v) is 10.3. The fourth-order valence-electron chi connectivity index (χ4n) is 2.09. The van der Waals surface area contributed by atoms with E-state index < -0.39 is 0 Å². The minimum atomic E-state index is 0.270. The third kappa shape index (κ3) is 3.52. The van der Waals surface area contributed by atoms with Gasteiger partial charge >= 0.3 is 0 Å². The number of thiazole rings is 1. The number of aliphatic hydroxyl groups is 1. The SMILES string of the molecule is OCCN1CCCN(Cc2cscn2)CC1. The first kappa shape index (κ1) is 12.0. The Kier molecular flexibility index (Phi) is 4.71. The summed E-state index contributed by atoms with van der Waals surface area (Å²) >= 11 is 1.66. The number of aromatic nitrogens is 1. The maximum absolute atomic E-state index is 8.92. The smallest absolute Gasteiger partial charge is 0.0795 e. The van der Waals surface area contributed by atoms with Gasteiger partial charge in [0.1, 0.15) is 0 Å². The van der Waals surface area contributed by atoms with Crippen molar-refractivity contribution in [1.82, 2.24) is 14.8 Å². The average molecular weight is 241 g/mol. The van der Waals surface area contributed by atoms with Crippen LogP contribution in [0.3, 0.4) is 0 Å². The van der Waals surface area contributed by atoms with Crippen molar-refractivity contribution in [3.05, 3.63) is 16.6 Å². The molecule has 0 unspecified atom stereocenters. The summed E-state index contributed by atoms with van der Waals surface area (Å²) in [5, 5.41) is 11.0. The molecule has 0 bridgehead atoms. The topological polar surface area (TPSA) is 39.6 Å². The minimum absolute atomic E-state index is 0.270. The summed E-state index contributed by atoms with van der Waals surface area (Å²) < 4.78 is 0. The van der Waals surface area contributed by atoms with Gasteiger partial charge in [0.05, 0.1) is 17.8 Å². The summed E-state index contributed by atoms with van der Waals surface area (Å²) in [6.07, 6.45) is 1.18. The lowest BCUT2D eigenvalue weighted by Crippen LogP contribution is -2.32. The molecule has 0 aliphatic carbocycles. The van der Waals surface area contributed by atoms with E-state index in [9.17, 15) is 0 Å². The van der Waals surface area contributed by atoms with E-state index in [1.165, 1.54) is 12.1 Å².